The van der Waals surface area contributed by atoms with E-state index in [1.54, 1.807) is 24.3 Å². The molecule has 0 bridgehead atoms. The number of halogens is 1. The number of rotatable bonds is 5. The van der Waals surface area contributed by atoms with Crippen molar-refractivity contribution in [3.63, 3.8) is 0 Å². The van der Waals surface area contributed by atoms with Crippen molar-refractivity contribution in [3.8, 4) is 5.69 Å². The van der Waals surface area contributed by atoms with E-state index in [-0.39, 0.29) is 17.2 Å². The highest BCUT2D eigenvalue weighted by Gasteiger charge is 2.16. The van der Waals surface area contributed by atoms with Crippen LogP contribution >= 0.6 is 23.4 Å². The molecule has 4 rings (SSSR count). The highest BCUT2D eigenvalue weighted by atomic mass is 35.5. The summed E-state index contributed by atoms with van der Waals surface area (Å²) >= 11 is 7.14. The van der Waals surface area contributed by atoms with Gasteiger partial charge in [-0.3, -0.25) is 19.3 Å². The molecule has 0 fully saturated rings. The molecule has 0 radical (unpaired) electrons. The first kappa shape index (κ1) is 19.2. The number of H-pyrrole nitrogens is 1. The molecule has 2 aromatic carbocycles. The summed E-state index contributed by atoms with van der Waals surface area (Å²) in [6.45, 7) is 1.96. The first-order valence-corrected chi connectivity index (χ1v) is 10.1. The van der Waals surface area contributed by atoms with E-state index >= 15 is 0 Å². The lowest BCUT2D eigenvalue weighted by atomic mass is 10.2. The van der Waals surface area contributed by atoms with E-state index in [0.717, 1.165) is 11.3 Å². The van der Waals surface area contributed by atoms with Gasteiger partial charge < -0.3 is 5.32 Å². The van der Waals surface area contributed by atoms with Gasteiger partial charge in [0, 0.05) is 10.7 Å². The maximum atomic E-state index is 13.0. The number of thioether (sulfide) groups is 1. The van der Waals surface area contributed by atoms with Gasteiger partial charge in [0.1, 0.15) is 5.39 Å². The van der Waals surface area contributed by atoms with Gasteiger partial charge in [-0.1, -0.05) is 35.5 Å². The summed E-state index contributed by atoms with van der Waals surface area (Å²) in [4.78, 5) is 29.9. The summed E-state index contributed by atoms with van der Waals surface area (Å²) < 4.78 is 1.46. The van der Waals surface area contributed by atoms with Gasteiger partial charge in [-0.05, 0) is 48.9 Å². The minimum Gasteiger partial charge on any atom is -0.325 e. The number of aromatic nitrogens is 4. The van der Waals surface area contributed by atoms with E-state index < -0.39 is 0 Å². The van der Waals surface area contributed by atoms with Crippen LogP contribution in [0.25, 0.3) is 16.7 Å². The molecule has 7 nitrogen and oxygen atoms in total. The Morgan fingerprint density at radius 2 is 2.03 bits per heavy atom. The van der Waals surface area contributed by atoms with Crippen LogP contribution in [0, 0.1) is 6.92 Å². The third kappa shape index (κ3) is 4.18. The molecule has 0 aliphatic carbocycles. The largest absolute Gasteiger partial charge is 0.325 e. The Morgan fingerprint density at radius 3 is 2.79 bits per heavy atom. The molecule has 1 amide bonds. The standard InChI is InChI=1S/C20H16ClN5O2S/c1-12-3-2-4-14(9-12)23-17(27)11-29-20-24-18-16(10-22-25-18)19(28)26(20)15-7-5-13(21)6-8-15/h2-10H,11H2,1H3,(H,22,25)(H,23,27). The number of nitrogens with one attached hydrogen (secondary N) is 2. The number of hydrogen-bond donors (Lipinski definition) is 2. The van der Waals surface area contributed by atoms with Crippen LogP contribution in [-0.4, -0.2) is 31.4 Å². The first-order valence-electron chi connectivity index (χ1n) is 8.72. The van der Waals surface area contributed by atoms with Gasteiger partial charge >= 0.3 is 0 Å². The molecular weight excluding hydrogens is 410 g/mol. The highest BCUT2D eigenvalue weighted by Crippen LogP contribution is 2.22. The molecule has 9 heteroatoms. The van der Waals surface area contributed by atoms with Crippen LogP contribution in [0.15, 0.2) is 64.7 Å². The van der Waals surface area contributed by atoms with Crippen molar-refractivity contribution in [2.24, 2.45) is 0 Å². The number of fused-ring (bicyclic) bond motifs is 1. The minimum atomic E-state index is -0.271. The molecule has 2 N–H and O–H groups in total. The summed E-state index contributed by atoms with van der Waals surface area (Å²) in [6, 6.07) is 14.4. The van der Waals surface area contributed by atoms with Crippen LogP contribution in [0.2, 0.25) is 5.02 Å². The summed E-state index contributed by atoms with van der Waals surface area (Å²) in [5.74, 6) is -0.102. The fourth-order valence-electron chi connectivity index (χ4n) is 2.84. The number of amides is 1. The van der Waals surface area contributed by atoms with Crippen LogP contribution in [0.5, 0.6) is 0 Å². The summed E-state index contributed by atoms with van der Waals surface area (Å²) in [5.41, 5.74) is 2.49. The van der Waals surface area contributed by atoms with Crippen LogP contribution in [0.3, 0.4) is 0 Å². The van der Waals surface area contributed by atoms with Gasteiger partial charge in [-0.25, -0.2) is 4.98 Å². The van der Waals surface area contributed by atoms with Gasteiger partial charge in [0.2, 0.25) is 5.91 Å². The number of aromatic amines is 1. The topological polar surface area (TPSA) is 92.7 Å². The molecule has 0 spiro atoms. The summed E-state index contributed by atoms with van der Waals surface area (Å²) in [5, 5.41) is 10.8. The maximum Gasteiger partial charge on any atom is 0.269 e. The molecule has 146 valence electrons. The van der Waals surface area contributed by atoms with Gasteiger partial charge in [0.25, 0.3) is 5.56 Å². The van der Waals surface area contributed by atoms with Crippen molar-refractivity contribution in [2.75, 3.05) is 11.1 Å². The normalized spacial score (nSPS) is 11.0. The predicted octanol–water partition coefficient (Wildman–Crippen LogP) is 3.80. The molecule has 4 aromatic rings. The van der Waals surface area contributed by atoms with Gasteiger partial charge in [0.15, 0.2) is 10.8 Å². The van der Waals surface area contributed by atoms with E-state index in [4.69, 9.17) is 11.6 Å². The molecule has 29 heavy (non-hydrogen) atoms. The Bertz CT molecular complexity index is 1250. The number of carbonyl (C=O) groups is 1. The van der Waals surface area contributed by atoms with Crippen LogP contribution < -0.4 is 10.9 Å². The van der Waals surface area contributed by atoms with Crippen LogP contribution in [0.1, 0.15) is 5.56 Å². The monoisotopic (exact) mass is 425 g/mol. The zero-order chi connectivity index (χ0) is 20.4. The van der Waals surface area contributed by atoms with E-state index in [1.807, 2.05) is 31.2 Å². The van der Waals surface area contributed by atoms with E-state index in [1.165, 1.54) is 22.5 Å². The lowest BCUT2D eigenvalue weighted by molar-refractivity contribution is -0.113. The van der Waals surface area contributed by atoms with Gasteiger partial charge in [-0.2, -0.15) is 5.10 Å². The Hall–Kier alpha value is -3.10. The average Bonchev–Trinajstić information content (AvgIpc) is 3.16. The highest BCUT2D eigenvalue weighted by molar-refractivity contribution is 7.99. The third-order valence-corrected chi connectivity index (χ3v) is 5.36. The van der Waals surface area contributed by atoms with Crippen molar-refractivity contribution in [2.45, 2.75) is 12.1 Å². The summed E-state index contributed by atoms with van der Waals surface area (Å²) in [7, 11) is 0. The quantitative estimate of drug-likeness (QED) is 0.374. The molecule has 0 atom stereocenters. The molecule has 0 aliphatic heterocycles. The van der Waals surface area contributed by atoms with E-state index in [2.05, 4.69) is 20.5 Å². The fourth-order valence-corrected chi connectivity index (χ4v) is 3.77. The van der Waals surface area contributed by atoms with Crippen molar-refractivity contribution < 1.29 is 4.79 Å². The smallest absolute Gasteiger partial charge is 0.269 e. The van der Waals surface area contributed by atoms with Crippen molar-refractivity contribution >= 4 is 46.0 Å². The maximum absolute atomic E-state index is 13.0. The SMILES string of the molecule is Cc1cccc(NC(=O)CSc2nc3[nH]ncc3c(=O)n2-c2ccc(Cl)cc2)c1. The Kier molecular flexibility index (Phi) is 5.37. The molecule has 0 unspecified atom stereocenters. The fraction of sp³-hybridized carbons (Fsp3) is 0.100. The number of aryl methyl sites for hydroxylation is 1. The summed E-state index contributed by atoms with van der Waals surface area (Å²) in [6.07, 6.45) is 1.44. The van der Waals surface area contributed by atoms with Gasteiger partial charge in [-0.15, -0.1) is 0 Å². The number of carbonyl (C=O) groups excluding carboxylic acids is 1. The predicted molar refractivity (Wildman–Crippen MR) is 115 cm³/mol. The lowest BCUT2D eigenvalue weighted by Gasteiger charge is -2.12. The third-order valence-electron chi connectivity index (χ3n) is 4.17. The van der Waals surface area contributed by atoms with E-state index in [9.17, 15) is 9.59 Å². The second kappa shape index (κ2) is 8.10. The molecular formula is C20H16ClN5O2S. The van der Waals surface area contributed by atoms with Crippen molar-refractivity contribution in [1.29, 1.82) is 0 Å². The van der Waals surface area contributed by atoms with Crippen molar-refractivity contribution in [1.82, 2.24) is 19.7 Å². The zero-order valence-electron chi connectivity index (χ0n) is 15.3. The number of benzene rings is 2. The average molecular weight is 426 g/mol. The van der Waals surface area contributed by atoms with Crippen molar-refractivity contribution in [3.05, 3.63) is 75.7 Å². The number of hydrogen-bond acceptors (Lipinski definition) is 5. The molecule has 0 saturated carbocycles. The number of anilines is 1. The molecule has 0 saturated heterocycles. The second-order valence-corrected chi connectivity index (χ2v) is 7.73. The van der Waals surface area contributed by atoms with Crippen LogP contribution in [0.4, 0.5) is 5.69 Å². The Labute approximate surface area is 175 Å². The number of nitrogens with zero attached hydrogens (tertiary/aromatic N) is 3. The lowest BCUT2D eigenvalue weighted by Crippen LogP contribution is -2.22. The van der Waals surface area contributed by atoms with Crippen LogP contribution in [-0.2, 0) is 4.79 Å². The molecule has 2 heterocycles. The first-order chi connectivity index (χ1) is 14.0. The zero-order valence-corrected chi connectivity index (χ0v) is 16.9. The minimum absolute atomic E-state index is 0.0909. The molecule has 0 aliphatic rings. The second-order valence-electron chi connectivity index (χ2n) is 6.35. The molecule has 2 aromatic heterocycles. The Morgan fingerprint density at radius 1 is 1.24 bits per heavy atom. The Balaban J connectivity index is 1.64. The van der Waals surface area contributed by atoms with E-state index in [0.29, 0.717) is 26.9 Å². The van der Waals surface area contributed by atoms with Gasteiger partial charge in [0.05, 0.1) is 17.6 Å².